The van der Waals surface area contributed by atoms with Gasteiger partial charge in [-0.2, -0.15) is 24.9 Å². The summed E-state index contributed by atoms with van der Waals surface area (Å²) in [5.41, 5.74) is 34.2. The number of aryl methyl sites for hydroxylation is 5. The summed E-state index contributed by atoms with van der Waals surface area (Å²) in [5, 5.41) is 20.0. The molecule has 15 rings (SSSR count). The molecule has 0 aliphatic carbocycles. The largest absolute Gasteiger partial charge is 0.391 e. The first kappa shape index (κ1) is 115. The predicted octanol–water partition coefficient (Wildman–Crippen LogP) is 14.0. The van der Waals surface area contributed by atoms with Crippen LogP contribution in [0.1, 0.15) is 147 Å². The number of methoxy groups -OCH3 is 4. The fraction of sp³-hybridized carbons (Fsp3) is 0.620. The van der Waals surface area contributed by atoms with Crippen molar-refractivity contribution in [3.8, 4) is 0 Å². The minimum absolute atomic E-state index is 0. The molecule has 8 unspecified atom stereocenters. The number of anilines is 5. The van der Waals surface area contributed by atoms with Gasteiger partial charge in [-0.15, -0.1) is 26.8 Å². The number of nitrogens with zero attached hydrogens (tertiary/aromatic N) is 15. The van der Waals surface area contributed by atoms with E-state index in [1.807, 2.05) is 76.0 Å². The zero-order chi connectivity index (χ0) is 93.2. The number of halogens is 7. The van der Waals surface area contributed by atoms with Crippen molar-refractivity contribution in [2.75, 3.05) is 64.5 Å². The Kier molecular flexibility index (Phi) is 49.5. The third-order valence-electron chi connectivity index (χ3n) is 19.9. The fourth-order valence-corrected chi connectivity index (χ4v) is 18.2. The van der Waals surface area contributed by atoms with Gasteiger partial charge in [0.1, 0.15) is 24.7 Å². The van der Waals surface area contributed by atoms with Gasteiger partial charge >= 0.3 is 24.4 Å². The molecule has 54 heteroatoms. The fourth-order valence-electron chi connectivity index (χ4n) is 13.8. The minimum Gasteiger partial charge on any atom is -0.391 e. The number of aliphatic hydroxyl groups is 2. The SMILES string of the molecule is CI.COC(C)[C@@H]1CC(=O)[C@H](n2c(=O)sc3c(C)nc(N)nc32)O1.COC(C)[C@@H]1C[C@@H](C)[C@H](n2c(=O)sc3c(C)nc(N)nc32)O1.COC(C)[C@@H]1C[C@H](C)[C@H](n2c(=O)sc3c(C)nc(N)nc32)O1.COC(C)[C@@H]1C[C@H](O)[C@H](n2c(=O)sc3c(C)nc(N)nc32)O1.Cc1nc(N)nc2c1sc(=O)n2[C@@H]1O[C@H](C(C)O)C[C@H]1C.IC(I)I.ICI.PP(P)P.[CH2-]I.[V]. The van der Waals surface area contributed by atoms with Crippen molar-refractivity contribution in [2.24, 2.45) is 17.8 Å². The summed E-state index contributed by atoms with van der Waals surface area (Å²) in [5.74, 6) is 0.943. The molecular weight excluding hydrogens is 2630 g/mol. The zero-order valence-electron chi connectivity index (χ0n) is 71.4. The average molecular weight is 2740 g/mol. The number of ketones is 1. The molecule has 5 fully saturated rings. The number of fused-ring (bicyclic) bond motifs is 5. The first-order valence-electron chi connectivity index (χ1n) is 37.7. The third-order valence-corrected chi connectivity index (χ3v) is 25.2. The van der Waals surface area contributed by atoms with Crippen molar-refractivity contribution in [2.45, 2.75) is 220 Å². The van der Waals surface area contributed by atoms with Crippen molar-refractivity contribution < 1.29 is 76.2 Å². The molecule has 37 nitrogen and oxygen atoms in total. The van der Waals surface area contributed by atoms with E-state index in [2.05, 4.69) is 231 Å². The van der Waals surface area contributed by atoms with Crippen LogP contribution in [0.5, 0.6) is 0 Å². The van der Waals surface area contributed by atoms with Gasteiger partial charge in [-0.3, -0.25) is 52.0 Å². The smallest absolute Gasteiger partial charge is 0.311 e. The Morgan fingerprint density at radius 2 is 0.656 bits per heavy atom. The number of hydrogen-bond acceptors (Lipinski definition) is 37. The van der Waals surface area contributed by atoms with Gasteiger partial charge in [0.05, 0.1) is 115 Å². The van der Waals surface area contributed by atoms with Gasteiger partial charge in [-0.05, 0) is 100 Å². The molecular formula is C71H106I7N20O17P4S5V-. The van der Waals surface area contributed by atoms with Gasteiger partial charge in [-0.25, -0.2) is 29.5 Å². The maximum atomic E-state index is 12.4. The maximum absolute atomic E-state index is 12.4. The van der Waals surface area contributed by atoms with Gasteiger partial charge in [0.25, 0.3) is 0 Å². The third kappa shape index (κ3) is 29.8. The van der Waals surface area contributed by atoms with Crippen molar-refractivity contribution in [3.05, 3.63) is 81.7 Å². The van der Waals surface area contributed by atoms with E-state index >= 15 is 0 Å². The van der Waals surface area contributed by atoms with Crippen LogP contribution < -0.4 is 53.0 Å². The van der Waals surface area contributed by atoms with E-state index in [-0.39, 0.29) is 177 Å². The quantitative estimate of drug-likeness (QED) is 0.0230. The number of alkyl halides is 6. The maximum Gasteiger partial charge on any atom is 0.311 e. The summed E-state index contributed by atoms with van der Waals surface area (Å²) in [6.07, 6.45) is -2.80. The van der Waals surface area contributed by atoms with Crippen LogP contribution in [-0.2, 0) is 66.0 Å². The molecule has 15 heterocycles. The number of nitrogen functional groups attached to an aromatic ring is 5. The topological polar surface area (TPSA) is 510 Å². The van der Waals surface area contributed by atoms with Crippen LogP contribution in [0.4, 0.5) is 29.7 Å². The number of carbonyl (C=O) groups is 1. The molecule has 125 heavy (non-hydrogen) atoms. The van der Waals surface area contributed by atoms with E-state index in [4.69, 9.17) is 71.3 Å². The minimum atomic E-state index is -0.988. The summed E-state index contributed by atoms with van der Waals surface area (Å²) < 4.78 is 63.6. The number of Topliss-reactive ketones (excluding diaryl/α,β-unsaturated/α-hetero) is 1. The number of nitrogens with two attached hydrogens (primary N) is 5. The molecule has 5 saturated heterocycles. The van der Waals surface area contributed by atoms with Gasteiger partial charge in [0, 0.05) is 77.6 Å². The molecule has 0 saturated carbocycles. The van der Waals surface area contributed by atoms with E-state index in [0.29, 0.717) is 67.6 Å². The predicted molar refractivity (Wildman–Crippen MR) is 567 cm³/mol. The molecule has 0 bridgehead atoms. The van der Waals surface area contributed by atoms with E-state index in [1.54, 1.807) is 65.3 Å². The van der Waals surface area contributed by atoms with Crippen LogP contribution in [-0.4, -0.2) is 192 Å². The number of thiazole rings is 5. The molecule has 0 aromatic carbocycles. The first-order chi connectivity index (χ1) is 58.4. The first-order valence-corrected chi connectivity index (χ1v) is 58.5. The second kappa shape index (κ2) is 53.9. The Labute approximate surface area is 858 Å². The summed E-state index contributed by atoms with van der Waals surface area (Å²) in [6.45, 7) is 24.6. The Morgan fingerprint density at radius 1 is 0.440 bits per heavy atom. The van der Waals surface area contributed by atoms with Crippen molar-refractivity contribution in [3.63, 3.8) is 0 Å². The standard InChI is InChI=1S/2C14H20N4O3S.C13H18N4O4S.C13H16N4O4S.C13H18N4O3S.CHI3.CH2I2.CH3I.CH2I.H6P4.V/c2*1-6-5-9(8(3)20-4)21-12(6)18-11-10(22-14(18)19)7(2)16-13(15)17-11;2*1-5-9-10(16-12(14)15-5)17(13(19)22-9)11-7(18)4-8(21-11)6(2)20-3;1-5-4-8(7(3)18)20-11(5)17-10-9(21-13(17)19)6(2)15-12(14)16-10;2-1(3)4;2-1-3;2*1-2;1-4(2)3;/h2*6,8-9,12H,5H2,1-4H3,(H2,15,16,17);6-8,11,18H,4H2,1-3H3,(H2,14,15,16);6,8,11H,4H2,1-3H3,(H2,14,15,16);5,7-8,11,18H,4H2,1-3H3,(H2,14,15,16);1H;1H2;1H3;1H2;1-3H2;/q;;;;;;;;-1;;/t6-,8?,9+,12-;6-,8?,9-,12+;6?,7-,8-,11+;6?,8-,11+;5-,7?,8+,11-;;;;;;/m10001....../s1. The molecule has 697 valence electrons. The Hall–Kier alpha value is -0.506. The van der Waals surface area contributed by atoms with Crippen LogP contribution in [0.2, 0.25) is 0 Å². The monoisotopic (exact) mass is 2730 g/mol. The Bertz CT molecular complexity index is 5200. The number of ether oxygens (including phenoxy) is 9. The summed E-state index contributed by atoms with van der Waals surface area (Å²) in [4.78, 5) is 120. The van der Waals surface area contributed by atoms with Crippen molar-refractivity contribution in [1.29, 1.82) is 0 Å². The van der Waals surface area contributed by atoms with Gasteiger partial charge in [-0.1, -0.05) is 213 Å². The van der Waals surface area contributed by atoms with Crippen molar-refractivity contribution in [1.82, 2.24) is 72.7 Å². The van der Waals surface area contributed by atoms with Crippen LogP contribution in [0.3, 0.4) is 0 Å². The molecule has 10 aromatic rings. The number of rotatable bonds is 14. The van der Waals surface area contributed by atoms with E-state index in [0.717, 1.165) is 95.0 Å². The van der Waals surface area contributed by atoms with Crippen LogP contribution in [0, 0.1) is 57.3 Å². The molecule has 12 N–H and O–H groups in total. The van der Waals surface area contributed by atoms with Gasteiger partial charge in [0.15, 0.2) is 46.5 Å². The Morgan fingerprint density at radius 3 is 0.912 bits per heavy atom. The second-order valence-corrected chi connectivity index (χ2v) is 60.3. The zero-order valence-corrected chi connectivity index (χ0v) is 96.4. The van der Waals surface area contributed by atoms with Gasteiger partial charge < -0.3 is 104 Å². The number of carbonyl (C=O) groups excluding carboxylic acids is 1. The van der Waals surface area contributed by atoms with Gasteiger partial charge in [0.2, 0.25) is 29.7 Å². The average Bonchev–Trinajstić information content (AvgIpc) is 1.71. The molecule has 1 radical (unpaired) electrons. The number of hydrogen-bond donors (Lipinski definition) is 7. The summed E-state index contributed by atoms with van der Waals surface area (Å²) in [7, 11) is 14.4. The molecule has 0 spiro atoms. The number of aliphatic hydroxyl groups excluding tert-OH is 2. The summed E-state index contributed by atoms with van der Waals surface area (Å²) in [6, 6.07) is 0. The van der Waals surface area contributed by atoms with Crippen LogP contribution >= 0.6 is 249 Å². The molecule has 5 aliphatic heterocycles. The molecule has 22 atom stereocenters. The van der Waals surface area contributed by atoms with Crippen molar-refractivity contribution >= 4 is 336 Å². The molecule has 0 amide bonds. The normalized spacial score (nSPS) is 23.6. The van der Waals surface area contributed by atoms with E-state index in [9.17, 15) is 39.0 Å². The molecule has 10 aromatic heterocycles. The van der Waals surface area contributed by atoms with Crippen LogP contribution in [0.15, 0.2) is 24.0 Å². The second-order valence-electron chi connectivity index (χ2n) is 28.5. The van der Waals surface area contributed by atoms with Crippen LogP contribution in [0.25, 0.3) is 51.7 Å². The number of aromatic nitrogens is 15. The van der Waals surface area contributed by atoms with E-state index < -0.39 is 30.9 Å². The summed E-state index contributed by atoms with van der Waals surface area (Å²) >= 11 is 20.9. The van der Waals surface area contributed by atoms with E-state index in [1.165, 1.54) is 16.1 Å². The molecule has 5 aliphatic rings. The Balaban J connectivity index is 0.000000266.